The van der Waals surface area contributed by atoms with Gasteiger partial charge in [0.1, 0.15) is 11.9 Å². The first-order valence-corrected chi connectivity index (χ1v) is 9.67. The zero-order chi connectivity index (χ0) is 18.1. The number of rotatable bonds is 4. The Labute approximate surface area is 155 Å². The summed E-state index contributed by atoms with van der Waals surface area (Å²) >= 11 is 1.68. The van der Waals surface area contributed by atoms with Crippen molar-refractivity contribution in [2.24, 2.45) is 0 Å². The van der Waals surface area contributed by atoms with Crippen molar-refractivity contribution in [2.75, 3.05) is 6.54 Å². The first-order valence-electron chi connectivity index (χ1n) is 8.86. The maximum absolute atomic E-state index is 13.5. The molecule has 2 heterocycles. The second kappa shape index (κ2) is 7.17. The number of carbonyl (C=O) groups is 1. The Balaban J connectivity index is 1.83. The van der Waals surface area contributed by atoms with Crippen LogP contribution < -0.4 is 0 Å². The molecule has 1 N–H and O–H groups in total. The van der Waals surface area contributed by atoms with Crippen LogP contribution in [0.15, 0.2) is 54.6 Å². The Hall–Kier alpha value is -2.24. The molecule has 0 saturated carbocycles. The van der Waals surface area contributed by atoms with Crippen LogP contribution in [0.3, 0.4) is 0 Å². The van der Waals surface area contributed by atoms with Crippen LogP contribution in [0, 0.1) is 5.82 Å². The van der Waals surface area contributed by atoms with Crippen LogP contribution in [0.1, 0.15) is 35.7 Å². The van der Waals surface area contributed by atoms with Gasteiger partial charge in [0.25, 0.3) is 0 Å². The van der Waals surface area contributed by atoms with E-state index in [0.717, 1.165) is 35.2 Å². The molecule has 0 bridgehead atoms. The van der Waals surface area contributed by atoms with Crippen molar-refractivity contribution >= 4 is 27.4 Å². The molecule has 3 nitrogen and oxygen atoms in total. The largest absolute Gasteiger partial charge is 0.480 e. The fourth-order valence-electron chi connectivity index (χ4n) is 3.83. The van der Waals surface area contributed by atoms with Gasteiger partial charge in [0.05, 0.1) is 6.04 Å². The summed E-state index contributed by atoms with van der Waals surface area (Å²) < 4.78 is 14.6. The fraction of sp³-hybridized carbons (Fsp3) is 0.286. The van der Waals surface area contributed by atoms with Gasteiger partial charge in [0.2, 0.25) is 0 Å². The number of nitrogens with zero attached hydrogens (tertiary/aromatic N) is 1. The summed E-state index contributed by atoms with van der Waals surface area (Å²) in [5, 5.41) is 10.9. The lowest BCUT2D eigenvalue weighted by Crippen LogP contribution is -2.46. The van der Waals surface area contributed by atoms with Crippen molar-refractivity contribution < 1.29 is 14.3 Å². The zero-order valence-corrected chi connectivity index (χ0v) is 15.1. The number of hydrogen-bond donors (Lipinski definition) is 1. The van der Waals surface area contributed by atoms with Crippen molar-refractivity contribution in [3.05, 3.63) is 70.9 Å². The van der Waals surface area contributed by atoms with Gasteiger partial charge in [-0.15, -0.1) is 11.3 Å². The minimum Gasteiger partial charge on any atom is -0.480 e. The van der Waals surface area contributed by atoms with Crippen molar-refractivity contribution in [1.82, 2.24) is 4.90 Å². The summed E-state index contributed by atoms with van der Waals surface area (Å²) in [4.78, 5) is 15.0. The predicted molar refractivity (Wildman–Crippen MR) is 102 cm³/mol. The van der Waals surface area contributed by atoms with Crippen LogP contribution in [0.2, 0.25) is 0 Å². The molecule has 1 aliphatic heterocycles. The lowest BCUT2D eigenvalue weighted by atomic mass is 9.95. The Kier molecular flexibility index (Phi) is 4.74. The number of thiophene rings is 1. The number of hydrogen-bond acceptors (Lipinski definition) is 3. The second-order valence-electron chi connectivity index (χ2n) is 6.73. The molecule has 26 heavy (non-hydrogen) atoms. The SMILES string of the molecule is O=C(O)C1CCCCN1C(c1ccc(F)cc1)c1cc2ccccc2s1. The second-order valence-corrected chi connectivity index (χ2v) is 7.84. The number of halogens is 1. The highest BCUT2D eigenvalue weighted by atomic mass is 32.1. The summed E-state index contributed by atoms with van der Waals surface area (Å²) in [6, 6.07) is 16.1. The molecule has 0 aliphatic carbocycles. The van der Waals surface area contributed by atoms with Gasteiger partial charge in [-0.05, 0) is 54.6 Å². The quantitative estimate of drug-likeness (QED) is 0.698. The number of fused-ring (bicyclic) bond motifs is 1. The number of benzene rings is 2. The number of likely N-dealkylation sites (tertiary alicyclic amines) is 1. The van der Waals surface area contributed by atoms with E-state index in [0.29, 0.717) is 6.42 Å². The normalized spacial score (nSPS) is 19.5. The molecule has 1 aliphatic rings. The predicted octanol–water partition coefficient (Wildman–Crippen LogP) is 5.07. The molecule has 2 atom stereocenters. The van der Waals surface area contributed by atoms with Gasteiger partial charge < -0.3 is 5.11 Å². The van der Waals surface area contributed by atoms with E-state index in [1.165, 1.54) is 16.8 Å². The average molecular weight is 369 g/mol. The Morgan fingerprint density at radius 1 is 1.15 bits per heavy atom. The van der Waals surface area contributed by atoms with Crippen molar-refractivity contribution in [1.29, 1.82) is 0 Å². The third kappa shape index (κ3) is 3.24. The number of piperidine rings is 1. The third-order valence-electron chi connectivity index (χ3n) is 5.06. The number of carboxylic acids is 1. The van der Waals surface area contributed by atoms with E-state index in [-0.39, 0.29) is 11.9 Å². The molecule has 0 radical (unpaired) electrons. The zero-order valence-electron chi connectivity index (χ0n) is 14.3. The molecule has 1 fully saturated rings. The van der Waals surface area contributed by atoms with Crippen molar-refractivity contribution in [2.45, 2.75) is 31.3 Å². The highest BCUT2D eigenvalue weighted by Gasteiger charge is 2.35. The first kappa shape index (κ1) is 17.2. The maximum atomic E-state index is 13.5. The standard InChI is InChI=1S/C21H20FNO2S/c22-16-10-8-14(9-11-16)20(23-12-4-3-6-17(23)21(24)25)19-13-15-5-1-2-7-18(15)26-19/h1-2,5,7-11,13,17,20H,3-4,6,12H2,(H,24,25). The Bertz CT molecular complexity index is 888. The van der Waals surface area contributed by atoms with Gasteiger partial charge in [0, 0.05) is 9.58 Å². The monoisotopic (exact) mass is 369 g/mol. The van der Waals surface area contributed by atoms with E-state index in [1.54, 1.807) is 23.5 Å². The molecule has 3 aromatic rings. The van der Waals surface area contributed by atoms with Crippen LogP contribution in [-0.4, -0.2) is 28.6 Å². The van der Waals surface area contributed by atoms with Crippen molar-refractivity contribution in [3.8, 4) is 0 Å². The summed E-state index contributed by atoms with van der Waals surface area (Å²) in [5.74, 6) is -1.06. The molecule has 134 valence electrons. The molecule has 0 amide bonds. The average Bonchev–Trinajstić information content (AvgIpc) is 3.07. The summed E-state index contributed by atoms with van der Waals surface area (Å²) in [5.41, 5.74) is 0.936. The van der Waals surface area contributed by atoms with E-state index in [1.807, 2.05) is 12.1 Å². The van der Waals surface area contributed by atoms with E-state index < -0.39 is 12.0 Å². The lowest BCUT2D eigenvalue weighted by Gasteiger charge is -2.39. The summed E-state index contributed by atoms with van der Waals surface area (Å²) in [6.07, 6.45) is 2.56. The molecule has 1 saturated heterocycles. The molecule has 2 unspecified atom stereocenters. The van der Waals surface area contributed by atoms with E-state index >= 15 is 0 Å². The van der Waals surface area contributed by atoms with Crippen LogP contribution in [0.5, 0.6) is 0 Å². The molecule has 5 heteroatoms. The topological polar surface area (TPSA) is 40.5 Å². The van der Waals surface area contributed by atoms with Crippen LogP contribution in [0.4, 0.5) is 4.39 Å². The Morgan fingerprint density at radius 2 is 1.92 bits per heavy atom. The van der Waals surface area contributed by atoms with Gasteiger partial charge in [-0.25, -0.2) is 4.39 Å². The lowest BCUT2D eigenvalue weighted by molar-refractivity contribution is -0.145. The molecule has 0 spiro atoms. The minimum absolute atomic E-state index is 0.172. The highest BCUT2D eigenvalue weighted by Crippen LogP contribution is 2.39. The van der Waals surface area contributed by atoms with E-state index in [9.17, 15) is 14.3 Å². The van der Waals surface area contributed by atoms with Gasteiger partial charge >= 0.3 is 5.97 Å². The van der Waals surface area contributed by atoms with Gasteiger partial charge in [-0.2, -0.15) is 0 Å². The highest BCUT2D eigenvalue weighted by molar-refractivity contribution is 7.19. The molecular weight excluding hydrogens is 349 g/mol. The molecule has 1 aromatic heterocycles. The van der Waals surface area contributed by atoms with Gasteiger partial charge in [-0.1, -0.05) is 36.8 Å². The van der Waals surface area contributed by atoms with Crippen molar-refractivity contribution in [3.63, 3.8) is 0 Å². The number of carboxylic acid groups (broad SMARTS) is 1. The summed E-state index contributed by atoms with van der Waals surface area (Å²) in [6.45, 7) is 0.729. The van der Waals surface area contributed by atoms with Crippen LogP contribution in [-0.2, 0) is 4.79 Å². The maximum Gasteiger partial charge on any atom is 0.320 e. The van der Waals surface area contributed by atoms with Crippen LogP contribution in [0.25, 0.3) is 10.1 Å². The minimum atomic E-state index is -0.780. The third-order valence-corrected chi connectivity index (χ3v) is 6.23. The van der Waals surface area contributed by atoms with Gasteiger partial charge in [0.15, 0.2) is 0 Å². The smallest absolute Gasteiger partial charge is 0.320 e. The fourth-order valence-corrected chi connectivity index (χ4v) is 5.04. The van der Waals surface area contributed by atoms with Gasteiger partial charge in [-0.3, -0.25) is 9.69 Å². The summed E-state index contributed by atoms with van der Waals surface area (Å²) in [7, 11) is 0. The molecule has 2 aromatic carbocycles. The van der Waals surface area contributed by atoms with E-state index in [4.69, 9.17) is 0 Å². The Morgan fingerprint density at radius 3 is 2.65 bits per heavy atom. The molecular formula is C21H20FNO2S. The molecule has 4 rings (SSSR count). The number of aliphatic carboxylic acids is 1. The van der Waals surface area contributed by atoms with E-state index in [2.05, 4.69) is 23.1 Å². The van der Waals surface area contributed by atoms with Crippen LogP contribution >= 0.6 is 11.3 Å². The first-order chi connectivity index (χ1) is 12.6.